The first-order valence-electron chi connectivity index (χ1n) is 7.38. The topological polar surface area (TPSA) is 21.3 Å². The monoisotopic (exact) mass is 291 g/mol. The Balaban J connectivity index is 1.58. The van der Waals surface area contributed by atoms with E-state index in [-0.39, 0.29) is 11.9 Å². The largest absolute Gasteiger partial charge is 0.490 e. The Morgan fingerprint density at radius 2 is 1.95 bits per heavy atom. The third-order valence-electron chi connectivity index (χ3n) is 4.49. The molecule has 2 saturated heterocycles. The molecule has 2 bridgehead atoms. The van der Waals surface area contributed by atoms with Crippen LogP contribution in [-0.2, 0) is 0 Å². The van der Waals surface area contributed by atoms with Crippen molar-refractivity contribution >= 4 is 21.4 Å². The zero-order valence-electron chi connectivity index (χ0n) is 11.3. The molecule has 2 aromatic rings. The maximum atomic E-state index is 13.7. The van der Waals surface area contributed by atoms with Gasteiger partial charge in [0.15, 0.2) is 0 Å². The lowest BCUT2D eigenvalue weighted by molar-refractivity contribution is 0.0939. The van der Waals surface area contributed by atoms with Crippen molar-refractivity contribution in [3.63, 3.8) is 0 Å². The fourth-order valence-electron chi connectivity index (χ4n) is 3.59. The maximum absolute atomic E-state index is 13.7. The van der Waals surface area contributed by atoms with Gasteiger partial charge in [-0.3, -0.25) is 0 Å². The second-order valence-corrected chi connectivity index (χ2v) is 6.83. The van der Waals surface area contributed by atoms with Crippen molar-refractivity contribution in [1.82, 2.24) is 5.32 Å². The standard InChI is InChI=1S/C16H18FNOS/c17-14-4-5-15(13-6-7-20-16(13)14)19-12-8-10-2-1-3-11(9-12)18-10/h4-7,10-12,18H,1-3,8-9H2/t10-,11+,12-. The van der Waals surface area contributed by atoms with Crippen LogP contribution in [0.1, 0.15) is 32.1 Å². The van der Waals surface area contributed by atoms with E-state index in [1.54, 1.807) is 6.07 Å². The summed E-state index contributed by atoms with van der Waals surface area (Å²) in [6.07, 6.45) is 6.25. The number of hydrogen-bond donors (Lipinski definition) is 1. The number of halogens is 1. The number of hydrogen-bond acceptors (Lipinski definition) is 3. The predicted molar refractivity (Wildman–Crippen MR) is 80.0 cm³/mol. The molecule has 2 nitrogen and oxygen atoms in total. The molecular formula is C16H18FNOS. The Bertz CT molecular complexity index is 614. The first-order chi connectivity index (χ1) is 9.79. The summed E-state index contributed by atoms with van der Waals surface area (Å²) in [6, 6.07) is 6.47. The van der Waals surface area contributed by atoms with E-state index >= 15 is 0 Å². The van der Waals surface area contributed by atoms with Crippen LogP contribution in [0.4, 0.5) is 4.39 Å². The second kappa shape index (κ2) is 5.01. The van der Waals surface area contributed by atoms with Crippen LogP contribution in [0.15, 0.2) is 23.6 Å². The molecule has 2 aliphatic rings. The number of fused-ring (bicyclic) bond motifs is 3. The van der Waals surface area contributed by atoms with Gasteiger partial charge >= 0.3 is 0 Å². The van der Waals surface area contributed by atoms with Crippen molar-refractivity contribution in [3.05, 3.63) is 29.4 Å². The summed E-state index contributed by atoms with van der Waals surface area (Å²) in [7, 11) is 0. The van der Waals surface area contributed by atoms with Crippen molar-refractivity contribution < 1.29 is 9.13 Å². The van der Waals surface area contributed by atoms with Crippen LogP contribution in [0.2, 0.25) is 0 Å². The number of benzene rings is 1. The molecule has 106 valence electrons. The van der Waals surface area contributed by atoms with Crippen LogP contribution in [0.25, 0.3) is 10.1 Å². The summed E-state index contributed by atoms with van der Waals surface area (Å²) in [5.41, 5.74) is 0. The molecule has 20 heavy (non-hydrogen) atoms. The van der Waals surface area contributed by atoms with Crippen molar-refractivity contribution in [3.8, 4) is 5.75 Å². The van der Waals surface area contributed by atoms with E-state index < -0.39 is 0 Å². The molecule has 0 amide bonds. The van der Waals surface area contributed by atoms with E-state index in [1.807, 2.05) is 11.4 Å². The van der Waals surface area contributed by atoms with Gasteiger partial charge in [-0.1, -0.05) is 6.42 Å². The molecule has 1 aromatic heterocycles. The highest BCUT2D eigenvalue weighted by atomic mass is 32.1. The van der Waals surface area contributed by atoms with Gasteiger partial charge in [0.05, 0.1) is 4.70 Å². The Labute approximate surface area is 121 Å². The van der Waals surface area contributed by atoms with Gasteiger partial charge in [-0.15, -0.1) is 11.3 Å². The van der Waals surface area contributed by atoms with Crippen LogP contribution in [0.5, 0.6) is 5.75 Å². The van der Waals surface area contributed by atoms with Crippen LogP contribution >= 0.6 is 11.3 Å². The third-order valence-corrected chi connectivity index (χ3v) is 5.42. The minimum absolute atomic E-state index is 0.149. The highest BCUT2D eigenvalue weighted by molar-refractivity contribution is 7.17. The van der Waals surface area contributed by atoms with E-state index in [9.17, 15) is 4.39 Å². The summed E-state index contributed by atoms with van der Waals surface area (Å²) >= 11 is 1.44. The summed E-state index contributed by atoms with van der Waals surface area (Å²) in [6.45, 7) is 0. The molecule has 0 spiro atoms. The molecule has 1 N–H and O–H groups in total. The summed E-state index contributed by atoms with van der Waals surface area (Å²) in [4.78, 5) is 0. The zero-order valence-corrected chi connectivity index (χ0v) is 12.1. The van der Waals surface area contributed by atoms with Gasteiger partial charge in [0.1, 0.15) is 17.7 Å². The quantitative estimate of drug-likeness (QED) is 0.899. The average molecular weight is 291 g/mol. The van der Waals surface area contributed by atoms with Crippen molar-refractivity contribution in [2.75, 3.05) is 0 Å². The second-order valence-electron chi connectivity index (χ2n) is 5.91. The van der Waals surface area contributed by atoms with E-state index in [4.69, 9.17) is 4.74 Å². The SMILES string of the molecule is Fc1ccc(O[C@@H]2C[C@H]3CCC[C@@H](C2)N3)c2ccsc12. The highest BCUT2D eigenvalue weighted by Crippen LogP contribution is 2.35. The van der Waals surface area contributed by atoms with Gasteiger partial charge in [0, 0.05) is 17.5 Å². The van der Waals surface area contributed by atoms with Crippen LogP contribution in [-0.4, -0.2) is 18.2 Å². The Kier molecular flexibility index (Phi) is 3.15. The average Bonchev–Trinajstić information content (AvgIpc) is 2.92. The van der Waals surface area contributed by atoms with Gasteiger partial charge < -0.3 is 10.1 Å². The van der Waals surface area contributed by atoms with E-state index in [1.165, 1.54) is 36.7 Å². The molecule has 1 aromatic carbocycles. The summed E-state index contributed by atoms with van der Waals surface area (Å²) in [5.74, 6) is 0.692. The first kappa shape index (κ1) is 12.6. The molecule has 0 aliphatic carbocycles. The summed E-state index contributed by atoms with van der Waals surface area (Å²) in [5, 5.41) is 6.52. The van der Waals surface area contributed by atoms with Crippen LogP contribution < -0.4 is 10.1 Å². The minimum Gasteiger partial charge on any atom is -0.490 e. The lowest BCUT2D eigenvalue weighted by Crippen LogP contribution is -2.51. The minimum atomic E-state index is -0.149. The van der Waals surface area contributed by atoms with Crippen molar-refractivity contribution in [1.29, 1.82) is 0 Å². The van der Waals surface area contributed by atoms with Gasteiger partial charge in [0.2, 0.25) is 0 Å². The Morgan fingerprint density at radius 3 is 2.75 bits per heavy atom. The molecule has 4 heteroatoms. The van der Waals surface area contributed by atoms with E-state index in [0.29, 0.717) is 16.8 Å². The van der Waals surface area contributed by atoms with E-state index in [0.717, 1.165) is 24.0 Å². The lowest BCUT2D eigenvalue weighted by Gasteiger charge is -2.40. The molecule has 4 rings (SSSR count). The van der Waals surface area contributed by atoms with Gasteiger partial charge in [0.25, 0.3) is 0 Å². The van der Waals surface area contributed by atoms with Gasteiger partial charge in [-0.2, -0.15) is 0 Å². The fraction of sp³-hybridized carbons (Fsp3) is 0.500. The highest BCUT2D eigenvalue weighted by Gasteiger charge is 2.32. The molecule has 3 heterocycles. The van der Waals surface area contributed by atoms with Gasteiger partial charge in [-0.25, -0.2) is 4.39 Å². The molecule has 2 fully saturated rings. The summed E-state index contributed by atoms with van der Waals surface area (Å²) < 4.78 is 20.6. The number of nitrogens with one attached hydrogen (secondary N) is 1. The molecule has 2 aliphatic heterocycles. The molecule has 0 unspecified atom stereocenters. The van der Waals surface area contributed by atoms with Crippen LogP contribution in [0.3, 0.4) is 0 Å². The number of ether oxygens (including phenoxy) is 1. The third kappa shape index (κ3) is 2.21. The van der Waals surface area contributed by atoms with Crippen molar-refractivity contribution in [2.45, 2.75) is 50.3 Å². The van der Waals surface area contributed by atoms with Crippen molar-refractivity contribution in [2.24, 2.45) is 0 Å². The zero-order chi connectivity index (χ0) is 13.5. The fourth-order valence-corrected chi connectivity index (χ4v) is 4.41. The lowest BCUT2D eigenvalue weighted by atomic mass is 9.85. The van der Waals surface area contributed by atoms with E-state index in [2.05, 4.69) is 5.32 Å². The smallest absolute Gasteiger partial charge is 0.141 e. The molecular weight excluding hydrogens is 273 g/mol. The first-order valence-corrected chi connectivity index (χ1v) is 8.26. The normalized spacial score (nSPS) is 29.6. The van der Waals surface area contributed by atoms with Gasteiger partial charge in [-0.05, 0) is 49.3 Å². The predicted octanol–water partition coefficient (Wildman–Crippen LogP) is 4.09. The Morgan fingerprint density at radius 1 is 1.15 bits per heavy atom. The van der Waals surface area contributed by atoms with Crippen LogP contribution in [0, 0.1) is 5.82 Å². The number of thiophene rings is 1. The molecule has 0 radical (unpaired) electrons. The molecule has 0 saturated carbocycles. The maximum Gasteiger partial charge on any atom is 0.141 e. The number of piperidine rings is 2. The number of rotatable bonds is 2. The molecule has 3 atom stereocenters. The Hall–Kier alpha value is -1.13.